The maximum Gasteiger partial charge on any atom is 0.417 e. The van der Waals surface area contributed by atoms with Crippen LogP contribution in [0.4, 0.5) is 19.0 Å². The molecule has 36 heavy (non-hydrogen) atoms. The SMILES string of the molecule is Cc1cc2ncc(C(=O)N(Cc3ccc(C(F)(F)F)cn3)[C@@H]3CCCc4nccnc43)cc2nc1N. The second-order valence-corrected chi connectivity index (χ2v) is 8.72. The highest BCUT2D eigenvalue weighted by Crippen LogP contribution is 2.34. The van der Waals surface area contributed by atoms with E-state index in [1.165, 1.54) is 12.3 Å². The first-order chi connectivity index (χ1) is 17.2. The normalized spacial score (nSPS) is 15.5. The molecule has 0 spiro atoms. The Morgan fingerprint density at radius 2 is 1.89 bits per heavy atom. The zero-order valence-corrected chi connectivity index (χ0v) is 19.3. The van der Waals surface area contributed by atoms with Crippen molar-refractivity contribution in [3.63, 3.8) is 0 Å². The molecule has 0 bridgehead atoms. The van der Waals surface area contributed by atoms with Crippen LogP contribution in [-0.4, -0.2) is 35.7 Å². The first-order valence-electron chi connectivity index (χ1n) is 11.4. The third-order valence-corrected chi connectivity index (χ3v) is 6.28. The van der Waals surface area contributed by atoms with Gasteiger partial charge in [0.1, 0.15) is 5.82 Å². The van der Waals surface area contributed by atoms with Gasteiger partial charge in [0, 0.05) is 24.8 Å². The summed E-state index contributed by atoms with van der Waals surface area (Å²) in [6, 6.07) is 5.24. The highest BCUT2D eigenvalue weighted by atomic mass is 19.4. The number of amides is 1. The standard InChI is InChI=1S/C25H22F3N7O/c1-14-9-19-20(34-23(14)29)10-15(11-33-19)24(36)35(13-17-6-5-16(12-32-17)25(26,27)28)21-4-2-3-18-22(21)31-8-7-30-18/h5-12,21H,2-4,13H2,1H3,(H2,29,34)/t21-/m1/s1. The van der Waals surface area contributed by atoms with Crippen LogP contribution in [0.15, 0.2) is 49.1 Å². The van der Waals surface area contributed by atoms with Crippen LogP contribution in [-0.2, 0) is 19.1 Å². The number of carbonyl (C=O) groups excluding carboxylic acids is 1. The van der Waals surface area contributed by atoms with Gasteiger partial charge < -0.3 is 10.6 Å². The Bertz CT molecular complexity index is 1440. The van der Waals surface area contributed by atoms with Crippen LogP contribution in [0.25, 0.3) is 11.0 Å². The molecule has 184 valence electrons. The minimum Gasteiger partial charge on any atom is -0.383 e. The van der Waals surface area contributed by atoms with Crippen LogP contribution in [0.2, 0.25) is 0 Å². The molecule has 1 aliphatic carbocycles. The quantitative estimate of drug-likeness (QED) is 0.447. The number of anilines is 1. The molecule has 0 saturated heterocycles. The predicted octanol–water partition coefficient (Wildman–Crippen LogP) is 4.44. The molecular weight excluding hydrogens is 471 g/mol. The fraction of sp³-hybridized carbons (Fsp3) is 0.280. The van der Waals surface area contributed by atoms with Crippen molar-refractivity contribution in [3.05, 3.63) is 82.8 Å². The Kier molecular flexibility index (Phi) is 5.99. The fourth-order valence-electron chi connectivity index (χ4n) is 4.38. The molecule has 4 aromatic heterocycles. The zero-order chi connectivity index (χ0) is 25.4. The maximum absolute atomic E-state index is 13.9. The first kappa shape index (κ1) is 23.6. The lowest BCUT2D eigenvalue weighted by atomic mass is 9.93. The zero-order valence-electron chi connectivity index (χ0n) is 19.3. The van der Waals surface area contributed by atoms with Crippen molar-refractivity contribution < 1.29 is 18.0 Å². The Morgan fingerprint density at radius 1 is 1.08 bits per heavy atom. The Hall–Kier alpha value is -4.15. The van der Waals surface area contributed by atoms with Crippen LogP contribution < -0.4 is 5.73 Å². The number of pyridine rings is 3. The van der Waals surface area contributed by atoms with E-state index in [-0.39, 0.29) is 18.0 Å². The third-order valence-electron chi connectivity index (χ3n) is 6.28. The fourth-order valence-corrected chi connectivity index (χ4v) is 4.38. The highest BCUT2D eigenvalue weighted by Gasteiger charge is 2.34. The van der Waals surface area contributed by atoms with Gasteiger partial charge in [-0.25, -0.2) is 4.98 Å². The number of nitrogens with two attached hydrogens (primary N) is 1. The number of carbonyl (C=O) groups is 1. The van der Waals surface area contributed by atoms with E-state index in [2.05, 4.69) is 24.9 Å². The summed E-state index contributed by atoms with van der Waals surface area (Å²) in [7, 11) is 0. The van der Waals surface area contributed by atoms with Gasteiger partial charge in [0.15, 0.2) is 0 Å². The van der Waals surface area contributed by atoms with Gasteiger partial charge >= 0.3 is 6.18 Å². The van der Waals surface area contributed by atoms with Gasteiger partial charge in [0.05, 0.1) is 51.8 Å². The average molecular weight is 493 g/mol. The Labute approximate surface area is 204 Å². The number of hydrogen-bond donors (Lipinski definition) is 1. The predicted molar refractivity (Wildman–Crippen MR) is 126 cm³/mol. The summed E-state index contributed by atoms with van der Waals surface area (Å²) in [6.07, 6.45) is 3.08. The molecule has 0 fully saturated rings. The van der Waals surface area contributed by atoms with Crippen molar-refractivity contribution in [1.29, 1.82) is 0 Å². The van der Waals surface area contributed by atoms with E-state index in [9.17, 15) is 18.0 Å². The lowest BCUT2D eigenvalue weighted by Gasteiger charge is -2.34. The summed E-state index contributed by atoms with van der Waals surface area (Å²) in [5.41, 5.74) is 9.02. The van der Waals surface area contributed by atoms with Gasteiger partial charge in [0.2, 0.25) is 0 Å². The van der Waals surface area contributed by atoms with E-state index >= 15 is 0 Å². The monoisotopic (exact) mass is 493 g/mol. The molecule has 2 N–H and O–H groups in total. The van der Waals surface area contributed by atoms with E-state index in [0.717, 1.165) is 36.4 Å². The number of hydrogen-bond acceptors (Lipinski definition) is 7. The lowest BCUT2D eigenvalue weighted by Crippen LogP contribution is -2.37. The summed E-state index contributed by atoms with van der Waals surface area (Å²) in [5, 5.41) is 0. The van der Waals surface area contributed by atoms with Crippen molar-refractivity contribution in [2.24, 2.45) is 0 Å². The van der Waals surface area contributed by atoms with Crippen LogP contribution in [0, 0.1) is 6.92 Å². The number of nitrogen functional groups attached to an aromatic ring is 1. The van der Waals surface area contributed by atoms with Gasteiger partial charge in [-0.15, -0.1) is 0 Å². The van der Waals surface area contributed by atoms with Gasteiger partial charge in [-0.05, 0) is 56.0 Å². The Morgan fingerprint density at radius 3 is 2.64 bits per heavy atom. The van der Waals surface area contributed by atoms with Gasteiger partial charge in [-0.2, -0.15) is 13.2 Å². The summed E-state index contributed by atoms with van der Waals surface area (Å²) in [4.78, 5) is 37.0. The third kappa shape index (κ3) is 4.56. The molecule has 4 heterocycles. The number of nitrogens with zero attached hydrogens (tertiary/aromatic N) is 6. The molecule has 0 unspecified atom stereocenters. The summed E-state index contributed by atoms with van der Waals surface area (Å²) < 4.78 is 39.1. The summed E-state index contributed by atoms with van der Waals surface area (Å²) >= 11 is 0. The molecule has 1 aliphatic rings. The number of halogens is 3. The lowest BCUT2D eigenvalue weighted by molar-refractivity contribution is -0.137. The summed E-state index contributed by atoms with van der Waals surface area (Å²) in [6.45, 7) is 1.81. The average Bonchev–Trinajstić information content (AvgIpc) is 2.87. The Balaban J connectivity index is 1.54. The van der Waals surface area contributed by atoms with Crippen LogP contribution in [0.1, 0.15) is 57.5 Å². The number of alkyl halides is 3. The highest BCUT2D eigenvalue weighted by molar-refractivity contribution is 5.97. The molecule has 0 saturated carbocycles. The van der Waals surface area contributed by atoms with E-state index in [1.54, 1.807) is 29.4 Å². The molecule has 5 rings (SSSR count). The van der Waals surface area contributed by atoms with Crippen molar-refractivity contribution in [2.75, 3.05) is 5.73 Å². The minimum absolute atomic E-state index is 0.0147. The van der Waals surface area contributed by atoms with E-state index < -0.39 is 17.8 Å². The molecule has 0 aliphatic heterocycles. The topological polar surface area (TPSA) is 111 Å². The van der Waals surface area contributed by atoms with Crippen LogP contribution >= 0.6 is 0 Å². The van der Waals surface area contributed by atoms with Crippen molar-refractivity contribution in [1.82, 2.24) is 29.8 Å². The smallest absolute Gasteiger partial charge is 0.383 e. The first-order valence-corrected chi connectivity index (χ1v) is 11.4. The maximum atomic E-state index is 13.9. The van der Waals surface area contributed by atoms with E-state index in [4.69, 9.17) is 5.73 Å². The largest absolute Gasteiger partial charge is 0.417 e. The molecule has 1 amide bonds. The molecule has 4 aromatic rings. The molecule has 0 radical (unpaired) electrons. The van der Waals surface area contributed by atoms with Crippen molar-refractivity contribution in [2.45, 2.75) is 44.9 Å². The van der Waals surface area contributed by atoms with Crippen molar-refractivity contribution in [3.8, 4) is 0 Å². The van der Waals surface area contributed by atoms with Gasteiger partial charge in [-0.3, -0.25) is 24.7 Å². The number of rotatable bonds is 4. The molecule has 11 heteroatoms. The van der Waals surface area contributed by atoms with Crippen LogP contribution in [0.5, 0.6) is 0 Å². The van der Waals surface area contributed by atoms with Gasteiger partial charge in [0.25, 0.3) is 5.91 Å². The van der Waals surface area contributed by atoms with E-state index in [1.807, 2.05) is 6.92 Å². The number of aryl methyl sites for hydroxylation is 2. The van der Waals surface area contributed by atoms with Crippen molar-refractivity contribution >= 4 is 22.8 Å². The van der Waals surface area contributed by atoms with E-state index in [0.29, 0.717) is 34.7 Å². The second kappa shape index (κ2) is 9.14. The molecule has 8 nitrogen and oxygen atoms in total. The summed E-state index contributed by atoms with van der Waals surface area (Å²) in [5.74, 6) is -0.0215. The van der Waals surface area contributed by atoms with Crippen LogP contribution in [0.3, 0.4) is 0 Å². The number of fused-ring (bicyclic) bond motifs is 2. The molecular formula is C25H22F3N7O. The molecule has 0 aromatic carbocycles. The second-order valence-electron chi connectivity index (χ2n) is 8.72. The minimum atomic E-state index is -4.50. The van der Waals surface area contributed by atoms with Gasteiger partial charge in [-0.1, -0.05) is 0 Å². The number of aromatic nitrogens is 5. The molecule has 1 atom stereocenters.